The number of phosphoric acid groups is 1. The van der Waals surface area contributed by atoms with Crippen molar-refractivity contribution >= 4 is 19.4 Å². The fourth-order valence-corrected chi connectivity index (χ4v) is 4.29. The summed E-state index contributed by atoms with van der Waals surface area (Å²) < 4.78 is 41.3. The molecule has 0 atom stereocenters. The molecule has 0 bridgehead atoms. The Morgan fingerprint density at radius 2 is 1.21 bits per heavy atom. The lowest BCUT2D eigenvalue weighted by Gasteiger charge is -2.15. The van der Waals surface area contributed by atoms with Crippen LogP contribution in [-0.2, 0) is 4.57 Å². The first-order valence-electron chi connectivity index (χ1n) is 11.0. The lowest BCUT2D eigenvalue weighted by Crippen LogP contribution is -2.43. The molecule has 12 heteroatoms. The number of ether oxygens (including phenoxy) is 2. The second-order valence-electron chi connectivity index (χ2n) is 7.37. The third-order valence-corrected chi connectivity index (χ3v) is 6.25. The molecule has 0 saturated heterocycles. The first-order chi connectivity index (χ1) is 18.8. The Bertz CT molecular complexity index is 1460. The summed E-state index contributed by atoms with van der Waals surface area (Å²) >= 11 is 6.12. The van der Waals surface area contributed by atoms with E-state index in [9.17, 15) is 9.67 Å². The van der Waals surface area contributed by atoms with E-state index in [1.54, 1.807) is 48.5 Å². The van der Waals surface area contributed by atoms with Crippen molar-refractivity contribution in [1.82, 2.24) is 0 Å². The van der Waals surface area contributed by atoms with Gasteiger partial charge in [-0.05, 0) is 72.3 Å². The summed E-state index contributed by atoms with van der Waals surface area (Å²) in [6.45, 7) is 0. The van der Waals surface area contributed by atoms with Crippen LogP contribution in [0.2, 0.25) is 5.15 Å². The predicted octanol–water partition coefficient (Wildman–Crippen LogP) is 4.84. The van der Waals surface area contributed by atoms with Gasteiger partial charge in [0.1, 0.15) is 23.0 Å². The molecule has 0 N–H and O–H groups in total. The van der Waals surface area contributed by atoms with Crippen molar-refractivity contribution in [2.24, 2.45) is 0 Å². The Hall–Kier alpha value is -4.89. The molecule has 0 unspecified atom stereocenters. The highest BCUT2D eigenvalue weighted by Gasteiger charge is 2.39. The highest BCUT2D eigenvalue weighted by atomic mass is 35.5. The molecule has 0 spiro atoms. The number of phosphoric ester groups is 1. The minimum absolute atomic E-state index is 0.00550. The van der Waals surface area contributed by atoms with Crippen LogP contribution in [0.1, 0.15) is 11.1 Å². The highest BCUT2D eigenvalue weighted by Crippen LogP contribution is 2.46. The number of nitrogens with zero attached hydrogens (tertiary/aromatic N) is 3. The fraction of sp³-hybridized carbons (Fsp3) is 0.0741. The van der Waals surface area contributed by atoms with Crippen molar-refractivity contribution in [2.75, 3.05) is 14.2 Å². The van der Waals surface area contributed by atoms with E-state index < -0.39 is 7.82 Å². The molecule has 0 aliphatic carbocycles. The van der Waals surface area contributed by atoms with Gasteiger partial charge in [0.15, 0.2) is 0 Å². The van der Waals surface area contributed by atoms with Gasteiger partial charge in [0, 0.05) is 16.9 Å². The van der Waals surface area contributed by atoms with Gasteiger partial charge in [0.2, 0.25) is 6.20 Å². The maximum atomic E-state index is 13.5. The van der Waals surface area contributed by atoms with E-state index in [1.165, 1.54) is 56.8 Å². The van der Waals surface area contributed by atoms with E-state index in [-0.39, 0.29) is 22.4 Å². The largest absolute Gasteiger partial charge is 0.872 e. The lowest BCUT2D eigenvalue weighted by molar-refractivity contribution is -0.858. The monoisotopic (exact) mass is 565 g/mol. The van der Waals surface area contributed by atoms with Gasteiger partial charge in [-0.1, -0.05) is 12.1 Å². The van der Waals surface area contributed by atoms with Crippen molar-refractivity contribution in [3.63, 3.8) is 0 Å². The third-order valence-electron chi connectivity index (χ3n) is 4.73. The SMILES string of the molecule is COc1ccc(OP(=O)(Oc2ccc(OC)cc2)O[n+]2ccc(C#N)cc2Cl)cc1.N#Cc1ccc([O-])cc1. The lowest BCUT2D eigenvalue weighted by atomic mass is 10.2. The fourth-order valence-electron chi connectivity index (χ4n) is 2.82. The highest BCUT2D eigenvalue weighted by molar-refractivity contribution is 7.49. The molecule has 1 aromatic heterocycles. The molecule has 1 heterocycles. The Balaban J connectivity index is 0.000000395. The second-order valence-corrected chi connectivity index (χ2v) is 9.18. The van der Waals surface area contributed by atoms with Gasteiger partial charge < -0.3 is 23.6 Å². The molecular weight excluding hydrogens is 545 g/mol. The normalized spacial score (nSPS) is 10.1. The van der Waals surface area contributed by atoms with E-state index in [4.69, 9.17) is 45.3 Å². The molecule has 3 aromatic carbocycles. The van der Waals surface area contributed by atoms with Crippen LogP contribution in [0.5, 0.6) is 28.7 Å². The summed E-state index contributed by atoms with van der Waals surface area (Å²) in [5, 5.41) is 27.7. The summed E-state index contributed by atoms with van der Waals surface area (Å²) in [5.74, 6) is 1.57. The van der Waals surface area contributed by atoms with E-state index in [1.807, 2.05) is 12.1 Å². The molecule has 4 rings (SSSR count). The van der Waals surface area contributed by atoms with Crippen LogP contribution >= 0.6 is 19.4 Å². The van der Waals surface area contributed by atoms with Crippen molar-refractivity contribution in [1.29, 1.82) is 10.5 Å². The minimum Gasteiger partial charge on any atom is -0.872 e. The van der Waals surface area contributed by atoms with E-state index in [0.29, 0.717) is 22.6 Å². The van der Waals surface area contributed by atoms with Crippen molar-refractivity contribution in [2.45, 2.75) is 0 Å². The topological polar surface area (TPSA) is 138 Å². The van der Waals surface area contributed by atoms with Gasteiger partial charge in [-0.2, -0.15) is 15.1 Å². The molecule has 4 aromatic rings. The van der Waals surface area contributed by atoms with Crippen LogP contribution in [0.15, 0.2) is 91.1 Å². The summed E-state index contributed by atoms with van der Waals surface area (Å²) in [5.41, 5.74) is 0.830. The zero-order valence-corrected chi connectivity index (χ0v) is 22.3. The molecule has 0 saturated carbocycles. The number of hydrogen-bond donors (Lipinski definition) is 0. The van der Waals surface area contributed by atoms with Gasteiger partial charge in [0.05, 0.1) is 37.5 Å². The van der Waals surface area contributed by atoms with Crippen molar-refractivity contribution < 1.29 is 37.5 Å². The summed E-state index contributed by atoms with van der Waals surface area (Å²) in [6.07, 6.45) is 1.34. The number of pyridine rings is 1. The zero-order valence-electron chi connectivity index (χ0n) is 20.7. The van der Waals surface area contributed by atoms with Crippen molar-refractivity contribution in [3.8, 4) is 40.9 Å². The first kappa shape index (κ1) is 28.7. The number of benzene rings is 3. The standard InChI is InChI=1S/C20H17ClN2O6P.C7H5NO/c1-25-16-3-7-18(8-4-16)27-30(24,28-19-9-5-17(26-2)6-10-19)29-23-12-11-15(14-22)13-20(23)21;8-5-6-1-3-7(9)4-2-6/h3-13H,1-2H3;1-4,9H/q+1;/p-1. The zero-order chi connectivity index (χ0) is 28.3. The van der Waals surface area contributed by atoms with Gasteiger partial charge in [-0.3, -0.25) is 0 Å². The molecule has 0 aliphatic heterocycles. The molecule has 10 nitrogen and oxygen atoms in total. The maximum Gasteiger partial charge on any atom is 0.700 e. The average molecular weight is 566 g/mol. The third kappa shape index (κ3) is 8.58. The summed E-state index contributed by atoms with van der Waals surface area (Å²) in [4.78, 5) is 0. The number of nitriles is 2. The molecular formula is C27H21ClN3O7P. The van der Waals surface area contributed by atoms with Crippen LogP contribution < -0.4 is 33.0 Å². The average Bonchev–Trinajstić information content (AvgIpc) is 2.95. The Kier molecular flexibility index (Phi) is 10.00. The van der Waals surface area contributed by atoms with Crippen LogP contribution in [0, 0.1) is 22.7 Å². The smallest absolute Gasteiger partial charge is 0.700 e. The Morgan fingerprint density at radius 1 is 0.744 bits per heavy atom. The van der Waals surface area contributed by atoms with Crippen LogP contribution in [0.25, 0.3) is 0 Å². The van der Waals surface area contributed by atoms with Crippen LogP contribution in [0.3, 0.4) is 0 Å². The number of aromatic nitrogens is 1. The predicted molar refractivity (Wildman–Crippen MR) is 138 cm³/mol. The number of hydrogen-bond acceptors (Lipinski definition) is 9. The number of halogens is 1. The van der Waals surface area contributed by atoms with E-state index in [2.05, 4.69) is 0 Å². The van der Waals surface area contributed by atoms with E-state index >= 15 is 0 Å². The molecule has 0 amide bonds. The molecule has 0 fully saturated rings. The van der Waals surface area contributed by atoms with Crippen LogP contribution in [-0.4, -0.2) is 14.2 Å². The Labute approximate surface area is 229 Å². The van der Waals surface area contributed by atoms with Gasteiger partial charge in [0.25, 0.3) is 0 Å². The van der Waals surface area contributed by atoms with Gasteiger partial charge in [-0.15, -0.1) is 10.4 Å². The van der Waals surface area contributed by atoms with Crippen molar-refractivity contribution in [3.05, 3.63) is 107 Å². The van der Waals surface area contributed by atoms with Gasteiger partial charge in [-0.25, -0.2) is 0 Å². The van der Waals surface area contributed by atoms with Crippen LogP contribution in [0.4, 0.5) is 0 Å². The summed E-state index contributed by atoms with van der Waals surface area (Å²) in [7, 11) is -1.21. The molecule has 198 valence electrons. The summed E-state index contributed by atoms with van der Waals surface area (Å²) in [6, 6.07) is 25.2. The Morgan fingerprint density at radius 3 is 1.62 bits per heavy atom. The molecule has 0 radical (unpaired) electrons. The molecule has 39 heavy (non-hydrogen) atoms. The number of methoxy groups -OCH3 is 2. The molecule has 0 aliphatic rings. The number of rotatable bonds is 8. The van der Waals surface area contributed by atoms with E-state index in [0.717, 1.165) is 4.73 Å². The van der Waals surface area contributed by atoms with Gasteiger partial charge >= 0.3 is 13.0 Å². The minimum atomic E-state index is -4.27. The second kappa shape index (κ2) is 13.6. The maximum absolute atomic E-state index is 13.5. The quantitative estimate of drug-likeness (QED) is 0.167. The first-order valence-corrected chi connectivity index (χ1v) is 12.9.